The van der Waals surface area contributed by atoms with E-state index in [4.69, 9.17) is 16.3 Å². The predicted molar refractivity (Wildman–Crippen MR) is 56.8 cm³/mol. The molecular weight excluding hydrogens is 219 g/mol. The molecular formula is C11H12ClFO2. The van der Waals surface area contributed by atoms with Gasteiger partial charge in [-0.25, -0.2) is 4.39 Å². The van der Waals surface area contributed by atoms with Crippen LogP contribution in [0.4, 0.5) is 4.39 Å². The Bertz CT molecular complexity index is 364. The number of ether oxygens (including phenoxy) is 1. The molecule has 1 rings (SSSR count). The van der Waals surface area contributed by atoms with Crippen molar-refractivity contribution < 1.29 is 13.9 Å². The average molecular weight is 231 g/mol. The maximum Gasteiger partial charge on any atom is 0.183 e. The van der Waals surface area contributed by atoms with Crippen LogP contribution in [0.2, 0.25) is 5.02 Å². The van der Waals surface area contributed by atoms with E-state index in [0.29, 0.717) is 0 Å². The van der Waals surface area contributed by atoms with Crippen LogP contribution in [0.5, 0.6) is 5.75 Å². The van der Waals surface area contributed by atoms with Crippen LogP contribution in [0.1, 0.15) is 13.8 Å². The Morgan fingerprint density at radius 2 is 2.20 bits per heavy atom. The molecule has 0 radical (unpaired) electrons. The van der Waals surface area contributed by atoms with Gasteiger partial charge in [0.25, 0.3) is 0 Å². The molecule has 0 amide bonds. The first-order valence-corrected chi connectivity index (χ1v) is 4.99. The molecule has 0 N–H and O–H groups in total. The van der Waals surface area contributed by atoms with Crippen LogP contribution in [0.3, 0.4) is 0 Å². The van der Waals surface area contributed by atoms with Crippen molar-refractivity contribution in [2.45, 2.75) is 13.8 Å². The normalized spacial score (nSPS) is 10.5. The monoisotopic (exact) mass is 230 g/mol. The average Bonchev–Trinajstić information content (AvgIpc) is 2.19. The molecule has 0 unspecified atom stereocenters. The van der Waals surface area contributed by atoms with Gasteiger partial charge in [-0.1, -0.05) is 31.5 Å². The Balaban J connectivity index is 2.66. The highest BCUT2D eigenvalue weighted by Crippen LogP contribution is 2.23. The minimum atomic E-state index is -0.629. The van der Waals surface area contributed by atoms with Gasteiger partial charge in [0, 0.05) is 5.92 Å². The van der Waals surface area contributed by atoms with Gasteiger partial charge in [0.2, 0.25) is 0 Å². The first-order valence-electron chi connectivity index (χ1n) is 4.62. The third-order valence-electron chi connectivity index (χ3n) is 1.93. The fourth-order valence-corrected chi connectivity index (χ4v) is 1.08. The standard InChI is InChI=1S/C11H12ClFO2/c1-7(2)9(14)6-15-10-5-3-4-8(12)11(10)13/h3-5,7H,6H2,1-2H3. The lowest BCUT2D eigenvalue weighted by atomic mass is 10.1. The largest absolute Gasteiger partial charge is 0.483 e. The third kappa shape index (κ3) is 3.20. The van der Waals surface area contributed by atoms with Gasteiger partial charge >= 0.3 is 0 Å². The lowest BCUT2D eigenvalue weighted by molar-refractivity contribution is -0.123. The molecule has 0 aliphatic rings. The van der Waals surface area contributed by atoms with E-state index in [1.807, 2.05) is 0 Å². The summed E-state index contributed by atoms with van der Waals surface area (Å²) < 4.78 is 18.3. The number of carbonyl (C=O) groups is 1. The number of rotatable bonds is 4. The maximum absolute atomic E-state index is 13.3. The Labute approximate surface area is 93.0 Å². The van der Waals surface area contributed by atoms with E-state index in [1.165, 1.54) is 12.1 Å². The molecule has 0 atom stereocenters. The van der Waals surface area contributed by atoms with Crippen LogP contribution < -0.4 is 4.74 Å². The molecule has 0 aromatic heterocycles. The highest BCUT2D eigenvalue weighted by Gasteiger charge is 2.11. The van der Waals surface area contributed by atoms with Crippen molar-refractivity contribution in [3.05, 3.63) is 29.0 Å². The predicted octanol–water partition coefficient (Wildman–Crippen LogP) is 3.08. The Morgan fingerprint density at radius 1 is 1.53 bits per heavy atom. The van der Waals surface area contributed by atoms with Crippen LogP contribution in [0.25, 0.3) is 0 Å². The zero-order valence-electron chi connectivity index (χ0n) is 8.59. The van der Waals surface area contributed by atoms with Crippen molar-refractivity contribution in [3.63, 3.8) is 0 Å². The van der Waals surface area contributed by atoms with Gasteiger partial charge in [-0.3, -0.25) is 4.79 Å². The molecule has 1 aromatic rings. The molecule has 0 saturated heterocycles. The van der Waals surface area contributed by atoms with E-state index in [2.05, 4.69) is 0 Å². The van der Waals surface area contributed by atoms with Crippen molar-refractivity contribution in [1.82, 2.24) is 0 Å². The molecule has 0 spiro atoms. The summed E-state index contributed by atoms with van der Waals surface area (Å²) in [5.74, 6) is -0.811. The molecule has 1 aromatic carbocycles. The van der Waals surface area contributed by atoms with Crippen LogP contribution >= 0.6 is 11.6 Å². The molecule has 82 valence electrons. The summed E-state index contributed by atoms with van der Waals surface area (Å²) in [4.78, 5) is 11.2. The second-order valence-corrected chi connectivity index (χ2v) is 3.87. The lowest BCUT2D eigenvalue weighted by Gasteiger charge is -2.08. The Morgan fingerprint density at radius 3 is 2.80 bits per heavy atom. The van der Waals surface area contributed by atoms with E-state index in [9.17, 15) is 9.18 Å². The molecule has 2 nitrogen and oxygen atoms in total. The quantitative estimate of drug-likeness (QED) is 0.795. The molecule has 0 heterocycles. The van der Waals surface area contributed by atoms with Gasteiger partial charge in [0.05, 0.1) is 5.02 Å². The van der Waals surface area contributed by atoms with Gasteiger partial charge in [0.1, 0.15) is 6.61 Å². The highest BCUT2D eigenvalue weighted by atomic mass is 35.5. The second-order valence-electron chi connectivity index (χ2n) is 3.46. The van der Waals surface area contributed by atoms with E-state index < -0.39 is 5.82 Å². The number of hydrogen-bond acceptors (Lipinski definition) is 2. The summed E-state index contributed by atoms with van der Waals surface area (Å²) in [6, 6.07) is 4.43. The second kappa shape index (κ2) is 5.12. The first-order chi connectivity index (χ1) is 7.02. The van der Waals surface area contributed by atoms with Crippen molar-refractivity contribution in [1.29, 1.82) is 0 Å². The van der Waals surface area contributed by atoms with Crippen molar-refractivity contribution in [2.24, 2.45) is 5.92 Å². The minimum Gasteiger partial charge on any atom is -0.483 e. The van der Waals surface area contributed by atoms with Crippen molar-refractivity contribution >= 4 is 17.4 Å². The number of carbonyl (C=O) groups excluding carboxylic acids is 1. The van der Waals surface area contributed by atoms with Crippen LogP contribution in [0.15, 0.2) is 18.2 Å². The molecule has 0 saturated carbocycles. The van der Waals surface area contributed by atoms with Crippen molar-refractivity contribution in [2.75, 3.05) is 6.61 Å². The van der Waals surface area contributed by atoms with E-state index in [0.717, 1.165) is 0 Å². The summed E-state index contributed by atoms with van der Waals surface area (Å²) in [7, 11) is 0. The molecule has 0 fully saturated rings. The van der Waals surface area contributed by atoms with Crippen LogP contribution in [0, 0.1) is 11.7 Å². The third-order valence-corrected chi connectivity index (χ3v) is 2.22. The van der Waals surface area contributed by atoms with Gasteiger partial charge in [-0.15, -0.1) is 0 Å². The SMILES string of the molecule is CC(C)C(=O)COc1cccc(Cl)c1F. The van der Waals surface area contributed by atoms with E-state index >= 15 is 0 Å². The van der Waals surface area contributed by atoms with Gasteiger partial charge in [-0.2, -0.15) is 0 Å². The summed E-state index contributed by atoms with van der Waals surface area (Å²) in [6.45, 7) is 3.40. The minimum absolute atomic E-state index is 0.00973. The Hall–Kier alpha value is -1.09. The summed E-state index contributed by atoms with van der Waals surface area (Å²) in [6.07, 6.45) is 0. The molecule has 0 bridgehead atoms. The van der Waals surface area contributed by atoms with E-state index in [1.54, 1.807) is 19.9 Å². The topological polar surface area (TPSA) is 26.3 Å². The zero-order chi connectivity index (χ0) is 11.4. The van der Waals surface area contributed by atoms with Gasteiger partial charge in [0.15, 0.2) is 17.3 Å². The van der Waals surface area contributed by atoms with Gasteiger partial charge in [-0.05, 0) is 12.1 Å². The fourth-order valence-electron chi connectivity index (χ4n) is 0.911. The van der Waals surface area contributed by atoms with Crippen molar-refractivity contribution in [3.8, 4) is 5.75 Å². The number of benzene rings is 1. The smallest absolute Gasteiger partial charge is 0.183 e. The summed E-state index contributed by atoms with van der Waals surface area (Å²) in [5, 5.41) is -0.00973. The maximum atomic E-state index is 13.3. The number of ketones is 1. The summed E-state index contributed by atoms with van der Waals surface area (Å²) in [5.41, 5.74) is 0. The van der Waals surface area contributed by atoms with Crippen LogP contribution in [-0.2, 0) is 4.79 Å². The number of halogens is 2. The lowest BCUT2D eigenvalue weighted by Crippen LogP contribution is -2.17. The molecule has 0 aliphatic heterocycles. The van der Waals surface area contributed by atoms with E-state index in [-0.39, 0.29) is 29.1 Å². The molecule has 15 heavy (non-hydrogen) atoms. The summed E-state index contributed by atoms with van der Waals surface area (Å²) >= 11 is 5.55. The Kier molecular flexibility index (Phi) is 4.09. The molecule has 4 heteroatoms. The number of Topliss-reactive ketones (excluding diaryl/α,β-unsaturated/α-hetero) is 1. The number of hydrogen-bond donors (Lipinski definition) is 0. The highest BCUT2D eigenvalue weighted by molar-refractivity contribution is 6.30. The van der Waals surface area contributed by atoms with Crippen LogP contribution in [-0.4, -0.2) is 12.4 Å². The zero-order valence-corrected chi connectivity index (χ0v) is 9.34. The molecule has 0 aliphatic carbocycles. The first kappa shape index (κ1) is 12.0. The fraction of sp³-hybridized carbons (Fsp3) is 0.364. The van der Waals surface area contributed by atoms with Gasteiger partial charge < -0.3 is 4.74 Å².